The van der Waals surface area contributed by atoms with Gasteiger partial charge in [0.05, 0.1) is 7.11 Å². The van der Waals surface area contributed by atoms with Crippen molar-refractivity contribution in [2.24, 2.45) is 5.73 Å². The maximum Gasteiger partial charge on any atom is 0.328 e. The van der Waals surface area contributed by atoms with Crippen LogP contribution in [0.5, 0.6) is 0 Å². The zero-order valence-corrected chi connectivity index (χ0v) is 13.0. The molecule has 0 bridgehead atoms. The summed E-state index contributed by atoms with van der Waals surface area (Å²) in [7, 11) is 1.37. The molecule has 1 rings (SSSR count). The van der Waals surface area contributed by atoms with E-state index in [-0.39, 0.29) is 5.97 Å². The van der Waals surface area contributed by atoms with Gasteiger partial charge in [-0.1, -0.05) is 24.3 Å². The van der Waals surface area contributed by atoms with E-state index in [0.29, 0.717) is 18.4 Å². The molecule has 0 aliphatic heterocycles. The molecule has 0 aliphatic carbocycles. The number of rotatable bonds is 5. The van der Waals surface area contributed by atoms with E-state index in [9.17, 15) is 9.59 Å². The number of esters is 2. The van der Waals surface area contributed by atoms with Gasteiger partial charge >= 0.3 is 11.9 Å². The normalized spacial score (nSPS) is 12.6. The summed E-state index contributed by atoms with van der Waals surface area (Å²) in [4.78, 5) is 23.0. The van der Waals surface area contributed by atoms with Gasteiger partial charge in [-0.15, -0.1) is 0 Å². The van der Waals surface area contributed by atoms with Crippen LogP contribution in [0.3, 0.4) is 0 Å². The topological polar surface area (TPSA) is 78.6 Å². The van der Waals surface area contributed by atoms with Crippen molar-refractivity contribution in [1.82, 2.24) is 0 Å². The van der Waals surface area contributed by atoms with Crippen molar-refractivity contribution >= 4 is 11.9 Å². The Balaban J connectivity index is 2.64. The second kappa shape index (κ2) is 7.22. The summed E-state index contributed by atoms with van der Waals surface area (Å²) in [5.74, 6) is -0.700. The Hall–Kier alpha value is -1.88. The molecule has 0 heterocycles. The van der Waals surface area contributed by atoms with Crippen LogP contribution in [0.1, 0.15) is 44.4 Å². The number of carbonyl (C=O) groups is 2. The van der Waals surface area contributed by atoms with Gasteiger partial charge in [0.15, 0.2) is 0 Å². The van der Waals surface area contributed by atoms with Gasteiger partial charge in [-0.2, -0.15) is 0 Å². The van der Waals surface area contributed by atoms with Crippen LogP contribution < -0.4 is 5.73 Å². The van der Waals surface area contributed by atoms with E-state index in [1.54, 1.807) is 32.9 Å². The van der Waals surface area contributed by atoms with E-state index in [0.717, 1.165) is 5.56 Å². The van der Waals surface area contributed by atoms with Crippen LogP contribution in [0.15, 0.2) is 24.3 Å². The molecule has 2 N–H and O–H groups in total. The highest BCUT2D eigenvalue weighted by molar-refractivity contribution is 5.77. The van der Waals surface area contributed by atoms with Gasteiger partial charge in [0.2, 0.25) is 0 Å². The molecule has 0 amide bonds. The molecule has 116 valence electrons. The quantitative estimate of drug-likeness (QED) is 0.841. The first-order valence-electron chi connectivity index (χ1n) is 6.87. The fourth-order valence-electron chi connectivity index (χ4n) is 1.74. The smallest absolute Gasteiger partial charge is 0.328 e. The molecular weight excluding hydrogens is 270 g/mol. The van der Waals surface area contributed by atoms with Crippen LogP contribution >= 0.6 is 0 Å². The van der Waals surface area contributed by atoms with Crippen LogP contribution in [-0.4, -0.2) is 24.6 Å². The molecule has 0 aromatic heterocycles. The van der Waals surface area contributed by atoms with E-state index in [2.05, 4.69) is 4.74 Å². The number of carbonyl (C=O) groups excluding carboxylic acids is 2. The molecule has 1 atom stereocenters. The number of hydrogen-bond donors (Lipinski definition) is 1. The first-order valence-corrected chi connectivity index (χ1v) is 6.87. The summed E-state index contributed by atoms with van der Waals surface area (Å²) >= 11 is 0. The fourth-order valence-corrected chi connectivity index (χ4v) is 1.74. The average Bonchev–Trinajstić information content (AvgIpc) is 2.42. The largest absolute Gasteiger partial charge is 0.469 e. The molecule has 5 heteroatoms. The van der Waals surface area contributed by atoms with Crippen molar-refractivity contribution in [3.63, 3.8) is 0 Å². The molecule has 0 spiro atoms. The molecule has 0 fully saturated rings. The lowest BCUT2D eigenvalue weighted by Crippen LogP contribution is -2.31. The molecule has 1 aromatic rings. The minimum Gasteiger partial charge on any atom is -0.469 e. The number of hydrogen-bond acceptors (Lipinski definition) is 5. The number of benzene rings is 1. The van der Waals surface area contributed by atoms with Crippen LogP contribution in [0, 0.1) is 0 Å². The van der Waals surface area contributed by atoms with E-state index in [4.69, 9.17) is 10.5 Å². The predicted octanol–water partition coefficient (Wildman–Crippen LogP) is 2.13. The van der Waals surface area contributed by atoms with Crippen LogP contribution in [0.25, 0.3) is 0 Å². The van der Waals surface area contributed by atoms with E-state index in [1.807, 2.05) is 12.1 Å². The molecule has 1 unspecified atom stereocenters. The Morgan fingerprint density at radius 3 is 2.24 bits per heavy atom. The number of ether oxygens (including phenoxy) is 2. The Bertz CT molecular complexity index is 488. The molecule has 0 saturated heterocycles. The zero-order valence-electron chi connectivity index (χ0n) is 13.0. The lowest BCUT2D eigenvalue weighted by atomic mass is 10.0. The molecule has 1 aromatic carbocycles. The van der Waals surface area contributed by atoms with Crippen LogP contribution in [0.2, 0.25) is 0 Å². The summed E-state index contributed by atoms with van der Waals surface area (Å²) in [6.07, 6.45) is 0.919. The summed E-state index contributed by atoms with van der Waals surface area (Å²) < 4.78 is 9.84. The second-order valence-corrected chi connectivity index (χ2v) is 5.83. The monoisotopic (exact) mass is 293 g/mol. The van der Waals surface area contributed by atoms with Crippen molar-refractivity contribution < 1.29 is 19.1 Å². The standard InChI is InChI=1S/C16H23NO4/c1-16(2,3)21-15(19)14(17)12-8-5-11(6-9-12)7-10-13(18)20-4/h5-6,8-9,14H,7,10,17H2,1-4H3. The maximum atomic E-state index is 11.9. The van der Waals surface area contributed by atoms with Crippen molar-refractivity contribution in [1.29, 1.82) is 0 Å². The van der Waals surface area contributed by atoms with Crippen molar-refractivity contribution in [2.45, 2.75) is 45.3 Å². The Morgan fingerprint density at radius 1 is 1.19 bits per heavy atom. The Kier molecular flexibility index (Phi) is 5.90. The molecule has 0 aliphatic rings. The number of nitrogens with two attached hydrogens (primary N) is 1. The van der Waals surface area contributed by atoms with Gasteiger partial charge in [-0.25, -0.2) is 4.79 Å². The Labute approximate surface area is 125 Å². The van der Waals surface area contributed by atoms with E-state index in [1.165, 1.54) is 7.11 Å². The summed E-state index contributed by atoms with van der Waals surface area (Å²) in [5, 5.41) is 0. The van der Waals surface area contributed by atoms with E-state index < -0.39 is 17.6 Å². The summed E-state index contributed by atoms with van der Waals surface area (Å²) in [6, 6.07) is 6.45. The number of methoxy groups -OCH3 is 1. The fraction of sp³-hybridized carbons (Fsp3) is 0.500. The summed E-state index contributed by atoms with van der Waals surface area (Å²) in [5.41, 5.74) is 7.00. The minimum absolute atomic E-state index is 0.246. The molecule has 0 saturated carbocycles. The van der Waals surface area contributed by atoms with Gasteiger partial charge in [0, 0.05) is 6.42 Å². The SMILES string of the molecule is COC(=O)CCc1ccc(C(N)C(=O)OC(C)(C)C)cc1. The molecule has 5 nitrogen and oxygen atoms in total. The van der Waals surface area contributed by atoms with E-state index >= 15 is 0 Å². The van der Waals surface area contributed by atoms with Crippen LogP contribution in [-0.2, 0) is 25.5 Å². The molecular formula is C16H23NO4. The predicted molar refractivity (Wildman–Crippen MR) is 79.6 cm³/mol. The highest BCUT2D eigenvalue weighted by Crippen LogP contribution is 2.17. The van der Waals surface area contributed by atoms with Gasteiger partial charge < -0.3 is 15.2 Å². The lowest BCUT2D eigenvalue weighted by molar-refractivity contribution is -0.156. The summed E-state index contributed by atoms with van der Waals surface area (Å²) in [6.45, 7) is 5.40. The third-order valence-electron chi connectivity index (χ3n) is 2.85. The third-order valence-corrected chi connectivity index (χ3v) is 2.85. The third kappa shape index (κ3) is 5.95. The molecule has 0 radical (unpaired) electrons. The van der Waals surface area contributed by atoms with Gasteiger partial charge in [0.25, 0.3) is 0 Å². The Morgan fingerprint density at radius 2 is 1.76 bits per heavy atom. The maximum absolute atomic E-state index is 11.9. The minimum atomic E-state index is -0.807. The van der Waals surface area contributed by atoms with Gasteiger partial charge in [-0.05, 0) is 38.3 Å². The zero-order chi connectivity index (χ0) is 16.0. The van der Waals surface area contributed by atoms with Gasteiger partial charge in [0.1, 0.15) is 11.6 Å². The average molecular weight is 293 g/mol. The first-order chi connectivity index (χ1) is 9.73. The van der Waals surface area contributed by atoms with Crippen molar-refractivity contribution in [3.05, 3.63) is 35.4 Å². The van der Waals surface area contributed by atoms with Crippen molar-refractivity contribution in [2.75, 3.05) is 7.11 Å². The lowest BCUT2D eigenvalue weighted by Gasteiger charge is -2.22. The second-order valence-electron chi connectivity index (χ2n) is 5.83. The van der Waals surface area contributed by atoms with Crippen LogP contribution in [0.4, 0.5) is 0 Å². The van der Waals surface area contributed by atoms with Gasteiger partial charge in [-0.3, -0.25) is 4.79 Å². The first kappa shape index (κ1) is 17.2. The highest BCUT2D eigenvalue weighted by Gasteiger charge is 2.23. The molecule has 21 heavy (non-hydrogen) atoms. The number of aryl methyl sites for hydroxylation is 1. The van der Waals surface area contributed by atoms with Crippen molar-refractivity contribution in [3.8, 4) is 0 Å². The highest BCUT2D eigenvalue weighted by atomic mass is 16.6.